The van der Waals surface area contributed by atoms with Crippen molar-refractivity contribution in [3.63, 3.8) is 0 Å². The number of benzene rings is 12. The minimum absolute atomic E-state index is 0.170. The third-order valence-corrected chi connectivity index (χ3v) is 25.7. The molecule has 1 spiro atoms. The van der Waals surface area contributed by atoms with E-state index in [-0.39, 0.29) is 11.3 Å². The molecular weight excluding hydrogens is 1240 g/mol. The Balaban J connectivity index is 0.984. The Bertz CT molecular complexity index is 5660. The van der Waals surface area contributed by atoms with E-state index in [0.717, 1.165) is 117 Å². The first-order chi connectivity index (χ1) is 46.2. The average Bonchev–Trinajstić information content (AvgIpc) is 1.48. The number of hydrogen-bond donors (Lipinski definition) is 0. The maximum atomic E-state index is 15.2. The molecule has 0 saturated heterocycles. The Morgan fingerprint density at radius 1 is 0.458 bits per heavy atom. The van der Waals surface area contributed by atoms with Crippen molar-refractivity contribution in [2.75, 3.05) is 9.80 Å². The number of rotatable bonds is 8. The van der Waals surface area contributed by atoms with Crippen molar-refractivity contribution in [1.29, 1.82) is 0 Å². The van der Waals surface area contributed by atoms with Gasteiger partial charge in [0.25, 0.3) is 0 Å². The first-order valence-electron chi connectivity index (χ1n) is 33.1. The molecule has 0 N–H and O–H groups in total. The normalized spacial score (nSPS) is 15.8. The van der Waals surface area contributed by atoms with Crippen molar-refractivity contribution in [3.05, 3.63) is 293 Å². The molecule has 0 bridgehead atoms. The molecule has 2 aliphatic heterocycles. The molecular formula is C83H63F6N3O2Si2-2. The molecule has 4 aliphatic rings. The SMILES string of the molecule is C[SiH-](C)(C)c1ccc(N(C2=C3Oc4c(cccc4C(F)(F)F)C3CC=C2)c2cc3c4c(c2)c2cc(N(c5ccc([SiH-](C)(C)C)cc5)c5cccc6c5oc5c(C(F)(F)F)cccc56)ccc2n4-c2ccccc2C32c3ccc4ccccc4c3-c3c2ccc2ccccc32)cc1. The average molecular weight is 1300 g/mol. The molecule has 0 fully saturated rings. The molecule has 4 heterocycles. The van der Waals surface area contributed by atoms with Crippen LogP contribution in [-0.4, -0.2) is 20.7 Å². The molecule has 2 aromatic heterocycles. The van der Waals surface area contributed by atoms with Gasteiger partial charge in [0, 0.05) is 0 Å². The number of alkyl halides is 6. The van der Waals surface area contributed by atoms with Gasteiger partial charge in [0.05, 0.1) is 0 Å². The van der Waals surface area contributed by atoms with Gasteiger partial charge in [0.15, 0.2) is 0 Å². The predicted octanol–water partition coefficient (Wildman–Crippen LogP) is 22.2. The Kier molecular flexibility index (Phi) is 12.3. The fourth-order valence-electron chi connectivity index (χ4n) is 16.5. The van der Waals surface area contributed by atoms with E-state index in [1.54, 1.807) is 12.1 Å². The summed E-state index contributed by atoms with van der Waals surface area (Å²) in [5.41, 5.74) is 11.7. The van der Waals surface area contributed by atoms with E-state index in [1.165, 1.54) is 22.5 Å². The first-order valence-corrected chi connectivity index (χ1v) is 41.2. The van der Waals surface area contributed by atoms with Crippen molar-refractivity contribution in [2.45, 2.75) is 69.4 Å². The van der Waals surface area contributed by atoms with Crippen LogP contribution in [0.3, 0.4) is 0 Å². The van der Waals surface area contributed by atoms with Crippen molar-refractivity contribution >= 4 is 120 Å². The van der Waals surface area contributed by atoms with Crippen molar-refractivity contribution in [2.24, 2.45) is 0 Å². The van der Waals surface area contributed by atoms with Crippen LogP contribution in [0.1, 0.15) is 51.3 Å². The zero-order valence-corrected chi connectivity index (χ0v) is 55.8. The summed E-state index contributed by atoms with van der Waals surface area (Å²) in [5.74, 6) is -0.238. The molecule has 0 radical (unpaired) electrons. The van der Waals surface area contributed by atoms with Crippen LogP contribution in [0.25, 0.3) is 82.1 Å². The van der Waals surface area contributed by atoms with Gasteiger partial charge in [0.2, 0.25) is 0 Å². The second kappa shape index (κ2) is 20.3. The van der Waals surface area contributed by atoms with E-state index in [9.17, 15) is 13.2 Å². The second-order valence-corrected chi connectivity index (χ2v) is 40.6. The molecule has 13 heteroatoms. The molecule has 14 aromatic rings. The Morgan fingerprint density at radius 2 is 1.01 bits per heavy atom. The molecule has 1 atom stereocenters. The van der Waals surface area contributed by atoms with Gasteiger partial charge >= 0.3 is 490 Å². The Hall–Kier alpha value is -10.3. The van der Waals surface area contributed by atoms with Crippen LogP contribution in [0.15, 0.2) is 259 Å². The van der Waals surface area contributed by atoms with Gasteiger partial charge < -0.3 is 0 Å². The summed E-state index contributed by atoms with van der Waals surface area (Å²) in [4.78, 5) is 4.31. The zero-order valence-electron chi connectivity index (χ0n) is 53.5. The maximum absolute atomic E-state index is 15.2. The van der Waals surface area contributed by atoms with Crippen LogP contribution < -0.4 is 24.9 Å². The van der Waals surface area contributed by atoms with Crippen LogP contribution >= 0.6 is 0 Å². The zero-order chi connectivity index (χ0) is 65.7. The minimum atomic E-state index is -4.67. The fraction of sp³-hybridized carbons (Fsp3) is 0.133. The number of fused-ring (bicyclic) bond motifs is 22. The van der Waals surface area contributed by atoms with Crippen LogP contribution in [0.2, 0.25) is 39.3 Å². The monoisotopic (exact) mass is 1300 g/mol. The number of para-hydroxylation sites is 4. The number of nitrogens with zero attached hydrogens (tertiary/aromatic N) is 3. The van der Waals surface area contributed by atoms with Gasteiger partial charge in [-0.15, -0.1) is 0 Å². The van der Waals surface area contributed by atoms with E-state index in [1.807, 2.05) is 24.3 Å². The molecule has 1 unspecified atom stereocenters. The number of aromatic nitrogens is 1. The van der Waals surface area contributed by atoms with E-state index < -0.39 is 51.0 Å². The summed E-state index contributed by atoms with van der Waals surface area (Å²) >= 11 is 0. The number of anilines is 5. The molecule has 5 nitrogen and oxygen atoms in total. The van der Waals surface area contributed by atoms with Gasteiger partial charge in [-0.2, -0.15) is 0 Å². The number of ether oxygens (including phenoxy) is 1. The number of hydrogen-bond acceptors (Lipinski definition) is 4. The van der Waals surface area contributed by atoms with Crippen LogP contribution in [0.4, 0.5) is 54.8 Å². The van der Waals surface area contributed by atoms with E-state index in [4.69, 9.17) is 9.15 Å². The topological polar surface area (TPSA) is 33.8 Å². The van der Waals surface area contributed by atoms with Crippen LogP contribution in [0.5, 0.6) is 5.75 Å². The molecule has 2 aliphatic carbocycles. The fourth-order valence-corrected chi connectivity index (χ4v) is 19.2. The summed E-state index contributed by atoms with van der Waals surface area (Å²) < 4.78 is 106. The number of allylic oxidation sites excluding steroid dienone is 3. The van der Waals surface area contributed by atoms with Gasteiger partial charge in [-0.3, -0.25) is 0 Å². The summed E-state index contributed by atoms with van der Waals surface area (Å²) in [6.07, 6.45) is -4.83. The first kappa shape index (κ1) is 58.2. The molecule has 18 rings (SSSR count). The van der Waals surface area contributed by atoms with Crippen LogP contribution in [0, 0.1) is 0 Å². The van der Waals surface area contributed by atoms with Gasteiger partial charge in [-0.05, 0) is 10.8 Å². The summed E-state index contributed by atoms with van der Waals surface area (Å²) in [6, 6.07) is 77.7. The standard InChI is InChI=1S/C83H63F6N3O2Si2/c1-95(2,3)54-38-33-50(34-39-54)90(72-29-15-23-60-58-21-13-26-67(82(84,85)86)77(58)93-79(60)72)52-37-44-70-62(45-52)63-46-53(91(51-35-40-55(41-36-51)96(4,5)6)73-30-16-24-61-59-22-14-27-68(83(87,88)89)78(59)94-80(61)73)47-69-76(63)92(70)71-28-12-11-25-64(71)81(69)65-42-31-48-17-7-9-19-56(48)74(65)75-57-20-10-8-18-49(57)32-43-66(75)81/h7-23,25-47,61,95-96H,24H2,1-6H3/q-2. The van der Waals surface area contributed by atoms with Crippen molar-refractivity contribution in [1.82, 2.24) is 4.57 Å². The van der Waals surface area contributed by atoms with Crippen molar-refractivity contribution < 1.29 is 35.5 Å². The summed E-state index contributed by atoms with van der Waals surface area (Å²) in [6.45, 7) is 14.0. The van der Waals surface area contributed by atoms with Crippen molar-refractivity contribution in [3.8, 4) is 22.6 Å². The molecule has 0 amide bonds. The summed E-state index contributed by atoms with van der Waals surface area (Å²) in [7, 11) is -4.36. The third-order valence-electron chi connectivity index (χ3n) is 21.0. The van der Waals surface area contributed by atoms with Gasteiger partial charge in [-0.1, -0.05) is 54.6 Å². The molecule has 96 heavy (non-hydrogen) atoms. The number of furan rings is 1. The number of halogens is 6. The second-order valence-electron chi connectivity index (χ2n) is 28.9. The van der Waals surface area contributed by atoms with Gasteiger partial charge in [-0.25, -0.2) is 0 Å². The predicted molar refractivity (Wildman–Crippen MR) is 387 cm³/mol. The van der Waals surface area contributed by atoms with E-state index in [2.05, 4.69) is 236 Å². The molecule has 12 aromatic carbocycles. The molecule has 474 valence electrons. The third kappa shape index (κ3) is 8.35. The van der Waals surface area contributed by atoms with E-state index >= 15 is 13.2 Å². The van der Waals surface area contributed by atoms with Gasteiger partial charge in [0.1, 0.15) is 0 Å². The summed E-state index contributed by atoms with van der Waals surface area (Å²) in [5, 5.41) is 9.73. The molecule has 0 saturated carbocycles. The quantitative estimate of drug-likeness (QED) is 0.112. The van der Waals surface area contributed by atoms with E-state index in [0.29, 0.717) is 45.5 Å². The Labute approximate surface area is 552 Å². The van der Waals surface area contributed by atoms with Crippen LogP contribution in [-0.2, 0) is 17.8 Å². The Morgan fingerprint density at radius 3 is 1.66 bits per heavy atom.